The van der Waals surface area contributed by atoms with E-state index < -0.39 is 0 Å². The molecule has 74 valence electrons. The van der Waals surface area contributed by atoms with Gasteiger partial charge < -0.3 is 10.1 Å². The van der Waals surface area contributed by atoms with Crippen LogP contribution < -0.4 is 10.1 Å². The Morgan fingerprint density at radius 3 is 2.86 bits per heavy atom. The molecule has 0 bridgehead atoms. The molecular weight excluding hydrogens is 176 g/mol. The maximum absolute atomic E-state index is 8.72. The first-order valence-electron chi connectivity index (χ1n) is 4.56. The number of nitrogens with zero attached hydrogens (tertiary/aromatic N) is 1. The average molecular weight is 190 g/mol. The molecule has 1 N–H and O–H groups in total. The predicted octanol–water partition coefficient (Wildman–Crippen LogP) is 1.46. The topological polar surface area (TPSA) is 45.0 Å². The molecule has 1 rings (SSSR count). The average Bonchev–Trinajstić information content (AvgIpc) is 2.18. The molecule has 0 aliphatic heterocycles. The molecule has 0 unspecified atom stereocenters. The molecular formula is C11H14N2O. The molecule has 3 heteroatoms. The van der Waals surface area contributed by atoms with Crippen LogP contribution in [0, 0.1) is 18.3 Å². The fourth-order valence-electron chi connectivity index (χ4n) is 1.12. The van der Waals surface area contributed by atoms with Crippen molar-refractivity contribution in [3.8, 4) is 11.8 Å². The van der Waals surface area contributed by atoms with Gasteiger partial charge in [0.15, 0.2) is 0 Å². The van der Waals surface area contributed by atoms with E-state index in [0.717, 1.165) is 17.9 Å². The quantitative estimate of drug-likeness (QED) is 0.731. The van der Waals surface area contributed by atoms with Crippen molar-refractivity contribution >= 4 is 0 Å². The molecule has 0 aliphatic carbocycles. The molecule has 1 aromatic carbocycles. The molecule has 0 saturated heterocycles. The Bertz CT molecular complexity index is 342. The number of nitrogens with one attached hydrogen (secondary N) is 1. The van der Waals surface area contributed by atoms with Crippen LogP contribution in [0.25, 0.3) is 0 Å². The number of aryl methyl sites for hydroxylation is 1. The Hall–Kier alpha value is -1.53. The molecule has 0 aromatic heterocycles. The van der Waals surface area contributed by atoms with Crippen LogP contribution in [-0.2, 0) is 0 Å². The molecule has 0 amide bonds. The third-order valence-corrected chi connectivity index (χ3v) is 1.94. The van der Waals surface area contributed by atoms with Gasteiger partial charge in [-0.25, -0.2) is 0 Å². The Morgan fingerprint density at radius 2 is 2.29 bits per heavy atom. The second-order valence-electron chi connectivity index (χ2n) is 3.04. The van der Waals surface area contributed by atoms with Gasteiger partial charge in [-0.1, -0.05) is 0 Å². The van der Waals surface area contributed by atoms with Crippen LogP contribution in [0.4, 0.5) is 0 Å². The minimum Gasteiger partial charge on any atom is -0.492 e. The van der Waals surface area contributed by atoms with E-state index in [1.54, 1.807) is 6.07 Å². The summed E-state index contributed by atoms with van der Waals surface area (Å²) in [5.41, 5.74) is 1.65. The van der Waals surface area contributed by atoms with Gasteiger partial charge in [0, 0.05) is 6.54 Å². The predicted molar refractivity (Wildman–Crippen MR) is 55.3 cm³/mol. The molecule has 3 nitrogen and oxygen atoms in total. The SMILES string of the molecule is CNCCOc1ccc(C#N)c(C)c1. The second kappa shape index (κ2) is 5.25. The lowest BCUT2D eigenvalue weighted by Crippen LogP contribution is -2.15. The Balaban J connectivity index is 2.63. The minimum atomic E-state index is 0.641. The Morgan fingerprint density at radius 1 is 1.50 bits per heavy atom. The van der Waals surface area contributed by atoms with Crippen LogP contribution in [0.5, 0.6) is 5.75 Å². The highest BCUT2D eigenvalue weighted by Crippen LogP contribution is 2.16. The van der Waals surface area contributed by atoms with Gasteiger partial charge in [0.25, 0.3) is 0 Å². The van der Waals surface area contributed by atoms with Crippen LogP contribution in [0.1, 0.15) is 11.1 Å². The minimum absolute atomic E-state index is 0.641. The van der Waals surface area contributed by atoms with Crippen LogP contribution in [0.15, 0.2) is 18.2 Å². The lowest BCUT2D eigenvalue weighted by Gasteiger charge is -2.06. The zero-order chi connectivity index (χ0) is 10.4. The van der Waals surface area contributed by atoms with Gasteiger partial charge in [0.1, 0.15) is 12.4 Å². The van der Waals surface area contributed by atoms with Gasteiger partial charge in [0.05, 0.1) is 11.6 Å². The largest absolute Gasteiger partial charge is 0.492 e. The summed E-state index contributed by atoms with van der Waals surface area (Å²) in [6.07, 6.45) is 0. The van der Waals surface area contributed by atoms with E-state index >= 15 is 0 Å². The maximum atomic E-state index is 8.72. The molecule has 0 radical (unpaired) electrons. The molecule has 1 aromatic rings. The van der Waals surface area contributed by atoms with Crippen molar-refractivity contribution < 1.29 is 4.74 Å². The molecule has 14 heavy (non-hydrogen) atoms. The number of hydrogen-bond acceptors (Lipinski definition) is 3. The van der Waals surface area contributed by atoms with Crippen molar-refractivity contribution in [3.63, 3.8) is 0 Å². The van der Waals surface area contributed by atoms with Crippen molar-refractivity contribution in [1.82, 2.24) is 5.32 Å². The first kappa shape index (κ1) is 10.6. The standard InChI is InChI=1S/C11H14N2O/c1-9-7-11(14-6-5-13-2)4-3-10(9)8-12/h3-4,7,13H,5-6H2,1-2H3. The zero-order valence-electron chi connectivity index (χ0n) is 8.50. The van der Waals surface area contributed by atoms with Crippen molar-refractivity contribution in [3.05, 3.63) is 29.3 Å². The molecule has 0 fully saturated rings. The number of benzene rings is 1. The summed E-state index contributed by atoms with van der Waals surface area (Å²) >= 11 is 0. The van der Waals surface area contributed by atoms with Gasteiger partial charge in [-0.05, 0) is 37.7 Å². The van der Waals surface area contributed by atoms with Crippen molar-refractivity contribution in [2.45, 2.75) is 6.92 Å². The van der Waals surface area contributed by atoms with Crippen LogP contribution in [-0.4, -0.2) is 20.2 Å². The number of likely N-dealkylation sites (N-methyl/N-ethyl adjacent to an activating group) is 1. The van der Waals surface area contributed by atoms with Gasteiger partial charge >= 0.3 is 0 Å². The van der Waals surface area contributed by atoms with E-state index in [9.17, 15) is 0 Å². The summed E-state index contributed by atoms with van der Waals surface area (Å²) in [6.45, 7) is 3.37. The molecule has 0 saturated carbocycles. The normalized spacial score (nSPS) is 9.50. The van der Waals surface area contributed by atoms with Crippen LogP contribution in [0.2, 0.25) is 0 Å². The second-order valence-corrected chi connectivity index (χ2v) is 3.04. The number of nitriles is 1. The van der Waals surface area contributed by atoms with Gasteiger partial charge in [-0.2, -0.15) is 5.26 Å². The van der Waals surface area contributed by atoms with E-state index in [1.165, 1.54) is 0 Å². The Labute approximate surface area is 84.3 Å². The van der Waals surface area contributed by atoms with Crippen molar-refractivity contribution in [2.24, 2.45) is 0 Å². The fraction of sp³-hybridized carbons (Fsp3) is 0.364. The summed E-state index contributed by atoms with van der Waals surface area (Å²) in [6, 6.07) is 7.61. The number of rotatable bonds is 4. The number of ether oxygens (including phenoxy) is 1. The van der Waals surface area contributed by atoms with E-state index in [4.69, 9.17) is 10.00 Å². The third kappa shape index (κ3) is 2.75. The molecule has 0 heterocycles. The van der Waals surface area contributed by atoms with Gasteiger partial charge in [-0.15, -0.1) is 0 Å². The Kier molecular flexibility index (Phi) is 3.96. The molecule has 0 aliphatic rings. The monoisotopic (exact) mass is 190 g/mol. The highest BCUT2D eigenvalue weighted by atomic mass is 16.5. The van der Waals surface area contributed by atoms with Gasteiger partial charge in [0.2, 0.25) is 0 Å². The molecule has 0 atom stereocenters. The summed E-state index contributed by atoms with van der Waals surface area (Å²) in [5.74, 6) is 0.816. The summed E-state index contributed by atoms with van der Waals surface area (Å²) in [5, 5.41) is 11.7. The summed E-state index contributed by atoms with van der Waals surface area (Å²) in [7, 11) is 1.88. The number of hydrogen-bond donors (Lipinski definition) is 1. The highest BCUT2D eigenvalue weighted by Gasteiger charge is 1.99. The molecule has 0 spiro atoms. The maximum Gasteiger partial charge on any atom is 0.119 e. The van der Waals surface area contributed by atoms with E-state index in [0.29, 0.717) is 12.2 Å². The first-order valence-corrected chi connectivity index (χ1v) is 4.56. The van der Waals surface area contributed by atoms with Crippen molar-refractivity contribution in [2.75, 3.05) is 20.2 Å². The van der Waals surface area contributed by atoms with Crippen LogP contribution in [0.3, 0.4) is 0 Å². The van der Waals surface area contributed by atoms with Crippen LogP contribution >= 0.6 is 0 Å². The smallest absolute Gasteiger partial charge is 0.119 e. The van der Waals surface area contributed by atoms with Gasteiger partial charge in [-0.3, -0.25) is 0 Å². The van der Waals surface area contributed by atoms with E-state index in [-0.39, 0.29) is 0 Å². The van der Waals surface area contributed by atoms with E-state index in [1.807, 2.05) is 26.1 Å². The fourth-order valence-corrected chi connectivity index (χ4v) is 1.12. The summed E-state index contributed by atoms with van der Waals surface area (Å²) < 4.78 is 5.45. The third-order valence-electron chi connectivity index (χ3n) is 1.94. The van der Waals surface area contributed by atoms with E-state index in [2.05, 4.69) is 11.4 Å². The zero-order valence-corrected chi connectivity index (χ0v) is 8.50. The lowest BCUT2D eigenvalue weighted by atomic mass is 10.1. The first-order chi connectivity index (χ1) is 6.77. The lowest BCUT2D eigenvalue weighted by molar-refractivity contribution is 0.318. The highest BCUT2D eigenvalue weighted by molar-refractivity contribution is 5.41. The van der Waals surface area contributed by atoms with Crippen molar-refractivity contribution in [1.29, 1.82) is 5.26 Å². The summed E-state index contributed by atoms with van der Waals surface area (Å²) in [4.78, 5) is 0.